The highest BCUT2D eigenvalue weighted by Crippen LogP contribution is 2.05. The van der Waals surface area contributed by atoms with Crippen LogP contribution in [0.25, 0.3) is 0 Å². The van der Waals surface area contributed by atoms with Gasteiger partial charge in [0.25, 0.3) is 0 Å². The molecule has 0 saturated carbocycles. The zero-order chi connectivity index (χ0) is 13.5. The third-order valence-electron chi connectivity index (χ3n) is 2.78. The molecule has 1 saturated heterocycles. The summed E-state index contributed by atoms with van der Waals surface area (Å²) in [5.41, 5.74) is 0.567. The number of ether oxygens (including phenoxy) is 1. The van der Waals surface area contributed by atoms with Crippen LogP contribution in [0.5, 0.6) is 0 Å². The number of methoxy groups -OCH3 is 1. The molecule has 0 radical (unpaired) electrons. The molecule has 1 atom stereocenters. The van der Waals surface area contributed by atoms with Gasteiger partial charge in [0, 0.05) is 18.5 Å². The number of hydrogen-bond donors (Lipinski definition) is 2. The van der Waals surface area contributed by atoms with Gasteiger partial charge >= 0.3 is 5.97 Å². The minimum Gasteiger partial charge on any atom is -0.466 e. The summed E-state index contributed by atoms with van der Waals surface area (Å²) in [6, 6.07) is -0.380. The van der Waals surface area contributed by atoms with Crippen LogP contribution in [0.3, 0.4) is 0 Å². The number of rotatable bonds is 5. The van der Waals surface area contributed by atoms with Gasteiger partial charge in [-0.3, -0.25) is 14.9 Å². The molecule has 0 aromatic rings. The Labute approximate surface area is 106 Å². The first-order chi connectivity index (χ1) is 8.58. The van der Waals surface area contributed by atoms with Gasteiger partial charge in [0.1, 0.15) is 0 Å². The molecule has 1 heterocycles. The van der Waals surface area contributed by atoms with Gasteiger partial charge in [-0.05, 0) is 12.8 Å². The van der Waals surface area contributed by atoms with E-state index in [1.54, 1.807) is 6.08 Å². The fourth-order valence-electron chi connectivity index (χ4n) is 1.72. The van der Waals surface area contributed by atoms with Crippen LogP contribution in [-0.4, -0.2) is 37.5 Å². The fourth-order valence-corrected chi connectivity index (χ4v) is 1.72. The van der Waals surface area contributed by atoms with Crippen molar-refractivity contribution in [3.05, 3.63) is 11.6 Å². The molecule has 0 aliphatic carbocycles. The van der Waals surface area contributed by atoms with Crippen molar-refractivity contribution in [3.63, 3.8) is 0 Å². The monoisotopic (exact) mass is 254 g/mol. The molecule has 6 nitrogen and oxygen atoms in total. The van der Waals surface area contributed by atoms with Crippen LogP contribution in [0, 0.1) is 0 Å². The number of nitrogens with one attached hydrogen (secondary N) is 2. The minimum absolute atomic E-state index is 0.239. The first-order valence-electron chi connectivity index (χ1n) is 5.93. The van der Waals surface area contributed by atoms with Gasteiger partial charge in [-0.15, -0.1) is 0 Å². The van der Waals surface area contributed by atoms with Crippen LogP contribution in [0.2, 0.25) is 0 Å². The van der Waals surface area contributed by atoms with Gasteiger partial charge in [-0.1, -0.05) is 13.0 Å². The van der Waals surface area contributed by atoms with E-state index in [1.807, 2.05) is 6.92 Å². The molecule has 1 rings (SSSR count). The van der Waals surface area contributed by atoms with Crippen molar-refractivity contribution in [2.45, 2.75) is 32.2 Å². The molecule has 1 unspecified atom stereocenters. The highest BCUT2D eigenvalue weighted by atomic mass is 16.5. The molecular weight excluding hydrogens is 236 g/mol. The summed E-state index contributed by atoms with van der Waals surface area (Å²) in [4.78, 5) is 33.7. The Morgan fingerprint density at radius 2 is 2.28 bits per heavy atom. The van der Waals surface area contributed by atoms with Crippen molar-refractivity contribution >= 4 is 17.8 Å². The predicted molar refractivity (Wildman–Crippen MR) is 64.6 cm³/mol. The van der Waals surface area contributed by atoms with Crippen LogP contribution in [0.4, 0.5) is 0 Å². The maximum absolute atomic E-state index is 11.4. The summed E-state index contributed by atoms with van der Waals surface area (Å²) in [5.74, 6) is -0.907. The van der Waals surface area contributed by atoms with E-state index in [0.717, 1.165) is 0 Å². The number of esters is 1. The SMILES string of the molecule is CCC(=CCNC1CCC(=O)NC1=O)C(=O)OC. The van der Waals surface area contributed by atoms with Crippen molar-refractivity contribution in [3.8, 4) is 0 Å². The molecule has 2 N–H and O–H groups in total. The Bertz CT molecular complexity index is 376. The van der Waals surface area contributed by atoms with E-state index in [-0.39, 0.29) is 23.8 Å². The molecule has 1 fully saturated rings. The minimum atomic E-state index is -0.380. The van der Waals surface area contributed by atoms with E-state index in [4.69, 9.17) is 0 Å². The van der Waals surface area contributed by atoms with E-state index >= 15 is 0 Å². The number of hydrogen-bond acceptors (Lipinski definition) is 5. The van der Waals surface area contributed by atoms with Crippen LogP contribution in [0.15, 0.2) is 11.6 Å². The highest BCUT2D eigenvalue weighted by Gasteiger charge is 2.25. The fraction of sp³-hybridized carbons (Fsp3) is 0.583. The van der Waals surface area contributed by atoms with Crippen molar-refractivity contribution in [2.75, 3.05) is 13.7 Å². The summed E-state index contributed by atoms with van der Waals surface area (Å²) in [5, 5.41) is 5.25. The highest BCUT2D eigenvalue weighted by molar-refractivity contribution is 6.00. The number of amides is 2. The molecule has 0 bridgehead atoms. The van der Waals surface area contributed by atoms with E-state index < -0.39 is 0 Å². The first-order valence-corrected chi connectivity index (χ1v) is 5.93. The number of piperidine rings is 1. The Morgan fingerprint density at radius 1 is 1.56 bits per heavy atom. The van der Waals surface area contributed by atoms with Gasteiger partial charge in [0.15, 0.2) is 0 Å². The second-order valence-electron chi connectivity index (χ2n) is 3.99. The lowest BCUT2D eigenvalue weighted by Gasteiger charge is -2.21. The maximum Gasteiger partial charge on any atom is 0.333 e. The quantitative estimate of drug-likeness (QED) is 0.406. The average Bonchev–Trinajstić information content (AvgIpc) is 2.36. The van der Waals surface area contributed by atoms with E-state index in [9.17, 15) is 14.4 Å². The number of imide groups is 1. The Balaban J connectivity index is 2.45. The summed E-state index contributed by atoms with van der Waals surface area (Å²) in [7, 11) is 1.33. The van der Waals surface area contributed by atoms with Crippen molar-refractivity contribution in [2.24, 2.45) is 0 Å². The number of carbonyl (C=O) groups is 3. The van der Waals surface area contributed by atoms with Gasteiger partial charge < -0.3 is 10.1 Å². The van der Waals surface area contributed by atoms with E-state index in [1.165, 1.54) is 7.11 Å². The smallest absolute Gasteiger partial charge is 0.333 e. The van der Waals surface area contributed by atoms with Gasteiger partial charge in [-0.2, -0.15) is 0 Å². The lowest BCUT2D eigenvalue weighted by molar-refractivity contribution is -0.136. The van der Waals surface area contributed by atoms with Gasteiger partial charge in [-0.25, -0.2) is 4.79 Å². The third-order valence-corrected chi connectivity index (χ3v) is 2.78. The molecule has 0 aromatic heterocycles. The van der Waals surface area contributed by atoms with Crippen molar-refractivity contribution in [1.29, 1.82) is 0 Å². The summed E-state index contributed by atoms with van der Waals surface area (Å²) in [6.07, 6.45) is 3.10. The zero-order valence-electron chi connectivity index (χ0n) is 10.6. The molecule has 0 aromatic carbocycles. The van der Waals surface area contributed by atoms with Crippen LogP contribution in [-0.2, 0) is 19.1 Å². The molecule has 100 valence electrons. The second kappa shape index (κ2) is 6.90. The van der Waals surface area contributed by atoms with Crippen molar-refractivity contribution in [1.82, 2.24) is 10.6 Å². The largest absolute Gasteiger partial charge is 0.466 e. The normalized spacial score (nSPS) is 20.6. The Morgan fingerprint density at radius 3 is 2.83 bits per heavy atom. The topological polar surface area (TPSA) is 84.5 Å². The molecule has 1 aliphatic heterocycles. The number of carbonyl (C=O) groups excluding carboxylic acids is 3. The third kappa shape index (κ3) is 3.96. The molecular formula is C12H18N2O4. The summed E-state index contributed by atoms with van der Waals surface area (Å²) < 4.78 is 4.62. The maximum atomic E-state index is 11.4. The van der Waals surface area contributed by atoms with Crippen molar-refractivity contribution < 1.29 is 19.1 Å². The van der Waals surface area contributed by atoms with Gasteiger partial charge in [0.05, 0.1) is 13.2 Å². The van der Waals surface area contributed by atoms with E-state index in [2.05, 4.69) is 15.4 Å². The molecule has 18 heavy (non-hydrogen) atoms. The standard InChI is InChI=1S/C12H18N2O4/c1-3-8(12(17)18-2)6-7-13-9-4-5-10(15)14-11(9)16/h6,9,13H,3-5,7H2,1-2H3,(H,14,15,16). The molecule has 1 aliphatic rings. The average molecular weight is 254 g/mol. The summed E-state index contributed by atoms with van der Waals surface area (Å²) >= 11 is 0. The van der Waals surface area contributed by atoms with Crippen LogP contribution < -0.4 is 10.6 Å². The molecule has 0 spiro atoms. The van der Waals surface area contributed by atoms with Crippen LogP contribution >= 0.6 is 0 Å². The first kappa shape index (κ1) is 14.4. The Kier molecular flexibility index (Phi) is 5.51. The predicted octanol–water partition coefficient (Wildman–Crippen LogP) is -0.109. The lowest BCUT2D eigenvalue weighted by atomic mass is 10.1. The summed E-state index contributed by atoms with van der Waals surface area (Å²) in [6.45, 7) is 2.25. The van der Waals surface area contributed by atoms with Gasteiger partial charge in [0.2, 0.25) is 11.8 Å². The Hall–Kier alpha value is -1.69. The molecule has 2 amide bonds. The zero-order valence-corrected chi connectivity index (χ0v) is 10.6. The molecule has 6 heteroatoms. The van der Waals surface area contributed by atoms with E-state index in [0.29, 0.717) is 31.4 Å². The second-order valence-corrected chi connectivity index (χ2v) is 3.99. The lowest BCUT2D eigenvalue weighted by Crippen LogP contribution is -2.50. The van der Waals surface area contributed by atoms with Crippen LogP contribution in [0.1, 0.15) is 26.2 Å².